The van der Waals surface area contributed by atoms with Crippen LogP contribution in [0.3, 0.4) is 0 Å². The molecule has 2 aromatic carbocycles. The molecule has 11 heteroatoms. The van der Waals surface area contributed by atoms with E-state index in [2.05, 4.69) is 9.97 Å². The van der Waals surface area contributed by atoms with Gasteiger partial charge in [-0.2, -0.15) is 8.42 Å². The van der Waals surface area contributed by atoms with Crippen LogP contribution in [0.15, 0.2) is 83.9 Å². The van der Waals surface area contributed by atoms with Gasteiger partial charge in [0.2, 0.25) is 5.88 Å². The molecule has 2 heterocycles. The first-order valence-corrected chi connectivity index (χ1v) is 14.8. The number of amides is 1. The number of ether oxygens (including phenoxy) is 2. The number of carbonyl (C=O) groups excluding carboxylic acids is 1. The summed E-state index contributed by atoms with van der Waals surface area (Å²) < 4.78 is 54.4. The van der Waals surface area contributed by atoms with Gasteiger partial charge >= 0.3 is 0 Å². The van der Waals surface area contributed by atoms with E-state index in [1.165, 1.54) is 42.5 Å². The predicted molar refractivity (Wildman–Crippen MR) is 158 cm³/mol. The zero-order valence-electron chi connectivity index (χ0n) is 23.8. The maximum absolute atomic E-state index is 14.5. The molecular weight excluding hydrogens is 559 g/mol. The highest BCUT2D eigenvalue weighted by atomic mass is 32.2. The second-order valence-electron chi connectivity index (χ2n) is 10.8. The van der Waals surface area contributed by atoms with E-state index in [-0.39, 0.29) is 23.2 Å². The molecule has 0 spiro atoms. The maximum atomic E-state index is 14.5. The normalized spacial score (nSPS) is 11.8. The molecule has 2 aromatic heterocycles. The molecule has 0 atom stereocenters. The summed E-state index contributed by atoms with van der Waals surface area (Å²) in [6.07, 6.45) is 0.458. The molecule has 220 valence electrons. The van der Waals surface area contributed by atoms with Crippen LogP contribution in [0.2, 0.25) is 0 Å². The van der Waals surface area contributed by atoms with Gasteiger partial charge in [0.25, 0.3) is 15.9 Å². The SMILES string of the molecule is CC(C)COc1cc(F)cc(-c2ccc(C(=O)NS(=O)(=O)c3cccc(N)n3)c(OC(C)(C)Cc3ccccc3)n2)c1. The number of pyridine rings is 2. The van der Waals surface area contributed by atoms with Gasteiger partial charge in [0, 0.05) is 18.1 Å². The van der Waals surface area contributed by atoms with Crippen molar-refractivity contribution in [3.63, 3.8) is 0 Å². The monoisotopic (exact) mass is 592 g/mol. The van der Waals surface area contributed by atoms with Gasteiger partial charge in [-0.25, -0.2) is 19.1 Å². The van der Waals surface area contributed by atoms with E-state index in [1.807, 2.05) is 62.7 Å². The molecule has 4 rings (SSSR count). The van der Waals surface area contributed by atoms with Gasteiger partial charge in [0.05, 0.1) is 12.3 Å². The van der Waals surface area contributed by atoms with E-state index in [0.29, 0.717) is 30.0 Å². The first kappa shape index (κ1) is 30.4. The molecule has 0 saturated heterocycles. The molecule has 0 aliphatic carbocycles. The first-order chi connectivity index (χ1) is 19.8. The van der Waals surface area contributed by atoms with Crippen molar-refractivity contribution in [1.82, 2.24) is 14.7 Å². The molecule has 1 amide bonds. The number of hydrogen-bond acceptors (Lipinski definition) is 8. The first-order valence-electron chi connectivity index (χ1n) is 13.3. The van der Waals surface area contributed by atoms with Gasteiger partial charge in [0.1, 0.15) is 28.5 Å². The fourth-order valence-corrected chi connectivity index (χ4v) is 5.05. The predicted octanol–water partition coefficient (Wildman–Crippen LogP) is 5.42. The van der Waals surface area contributed by atoms with E-state index in [9.17, 15) is 17.6 Å². The van der Waals surface area contributed by atoms with E-state index in [0.717, 1.165) is 5.56 Å². The number of sulfonamides is 1. The number of rotatable bonds is 11. The smallest absolute Gasteiger partial charge is 0.281 e. The van der Waals surface area contributed by atoms with Crippen LogP contribution in [0.25, 0.3) is 11.3 Å². The fourth-order valence-electron chi connectivity index (χ4n) is 4.10. The average molecular weight is 593 g/mol. The highest BCUT2D eigenvalue weighted by Crippen LogP contribution is 2.30. The van der Waals surface area contributed by atoms with Crippen molar-refractivity contribution in [1.29, 1.82) is 0 Å². The molecule has 0 bridgehead atoms. The molecular formula is C31H33FN4O5S. The van der Waals surface area contributed by atoms with Gasteiger partial charge in [0.15, 0.2) is 5.03 Å². The minimum atomic E-state index is -4.37. The Bertz CT molecular complexity index is 1680. The van der Waals surface area contributed by atoms with Gasteiger partial charge < -0.3 is 15.2 Å². The Morgan fingerprint density at radius 1 is 1.00 bits per heavy atom. The molecule has 42 heavy (non-hydrogen) atoms. The number of nitrogens with zero attached hydrogens (tertiary/aromatic N) is 2. The summed E-state index contributed by atoms with van der Waals surface area (Å²) in [6, 6.07) is 20.7. The van der Waals surface area contributed by atoms with Crippen molar-refractivity contribution in [3.05, 3.63) is 95.8 Å². The van der Waals surface area contributed by atoms with Crippen molar-refractivity contribution in [2.24, 2.45) is 5.92 Å². The third kappa shape index (κ3) is 8.03. The molecule has 0 radical (unpaired) electrons. The highest BCUT2D eigenvalue weighted by Gasteiger charge is 2.28. The lowest BCUT2D eigenvalue weighted by Gasteiger charge is -2.27. The Morgan fingerprint density at radius 3 is 2.43 bits per heavy atom. The summed E-state index contributed by atoms with van der Waals surface area (Å²) in [5.74, 6) is -1.09. The number of hydrogen-bond donors (Lipinski definition) is 2. The summed E-state index contributed by atoms with van der Waals surface area (Å²) in [5.41, 5.74) is 6.29. The number of anilines is 1. The van der Waals surface area contributed by atoms with Crippen LogP contribution in [-0.2, 0) is 16.4 Å². The van der Waals surface area contributed by atoms with Crippen molar-refractivity contribution in [2.75, 3.05) is 12.3 Å². The minimum absolute atomic E-state index is 0.0186. The Kier molecular flexibility index (Phi) is 9.11. The number of nitrogens with two attached hydrogens (primary N) is 1. The Labute approximate surface area is 245 Å². The van der Waals surface area contributed by atoms with Crippen LogP contribution in [0.1, 0.15) is 43.6 Å². The van der Waals surface area contributed by atoms with E-state index in [4.69, 9.17) is 15.2 Å². The quantitative estimate of drug-likeness (QED) is 0.236. The van der Waals surface area contributed by atoms with Crippen molar-refractivity contribution >= 4 is 21.7 Å². The molecule has 9 nitrogen and oxygen atoms in total. The number of nitrogen functional groups attached to an aromatic ring is 1. The van der Waals surface area contributed by atoms with Gasteiger partial charge in [-0.1, -0.05) is 50.2 Å². The van der Waals surface area contributed by atoms with Crippen molar-refractivity contribution < 1.29 is 27.1 Å². The van der Waals surface area contributed by atoms with E-state index in [1.54, 1.807) is 6.07 Å². The van der Waals surface area contributed by atoms with E-state index < -0.39 is 32.4 Å². The van der Waals surface area contributed by atoms with Crippen LogP contribution in [0.5, 0.6) is 11.6 Å². The summed E-state index contributed by atoms with van der Waals surface area (Å²) >= 11 is 0. The zero-order valence-corrected chi connectivity index (χ0v) is 24.6. The number of nitrogens with one attached hydrogen (secondary N) is 1. The number of carbonyl (C=O) groups is 1. The average Bonchev–Trinajstić information content (AvgIpc) is 2.91. The van der Waals surface area contributed by atoms with Crippen LogP contribution in [0.4, 0.5) is 10.2 Å². The second kappa shape index (κ2) is 12.6. The van der Waals surface area contributed by atoms with Crippen LogP contribution >= 0.6 is 0 Å². The lowest BCUT2D eigenvalue weighted by Crippen LogP contribution is -2.35. The standard InChI is InChI=1S/C31H33FN4O5S/c1-20(2)19-40-24-16-22(15-23(32)17-24)26-14-13-25(29(37)36-42(38,39)28-12-8-11-27(33)35-28)30(34-26)41-31(3,4)18-21-9-6-5-7-10-21/h5-17,20H,18-19H2,1-4H3,(H2,33,35)(H,36,37). The molecule has 3 N–H and O–H groups in total. The maximum Gasteiger partial charge on any atom is 0.281 e. The molecule has 0 aliphatic heterocycles. The van der Waals surface area contributed by atoms with Crippen molar-refractivity contribution in [3.8, 4) is 22.9 Å². The lowest BCUT2D eigenvalue weighted by atomic mass is 9.98. The van der Waals surface area contributed by atoms with Gasteiger partial charge in [-0.15, -0.1) is 0 Å². The van der Waals surface area contributed by atoms with Crippen LogP contribution in [0, 0.1) is 11.7 Å². The number of halogens is 1. The molecule has 0 unspecified atom stereocenters. The summed E-state index contributed by atoms with van der Waals surface area (Å²) in [4.78, 5) is 21.7. The van der Waals surface area contributed by atoms with Crippen LogP contribution in [-0.4, -0.2) is 36.5 Å². The minimum Gasteiger partial charge on any atom is -0.493 e. The lowest BCUT2D eigenvalue weighted by molar-refractivity contribution is 0.0916. The molecule has 0 fully saturated rings. The van der Waals surface area contributed by atoms with Gasteiger partial charge in [-0.05, 0) is 61.7 Å². The molecule has 0 aliphatic rings. The highest BCUT2D eigenvalue weighted by molar-refractivity contribution is 7.90. The largest absolute Gasteiger partial charge is 0.493 e. The Hall–Kier alpha value is -4.51. The second-order valence-corrected chi connectivity index (χ2v) is 12.4. The molecule has 4 aromatic rings. The topological polar surface area (TPSA) is 134 Å². The summed E-state index contributed by atoms with van der Waals surface area (Å²) in [6.45, 7) is 8.01. The third-order valence-electron chi connectivity index (χ3n) is 5.95. The third-order valence-corrected chi connectivity index (χ3v) is 7.18. The summed E-state index contributed by atoms with van der Waals surface area (Å²) in [5, 5.41) is -0.416. The molecule has 0 saturated carbocycles. The van der Waals surface area contributed by atoms with Crippen LogP contribution < -0.4 is 19.9 Å². The Balaban J connectivity index is 1.72. The number of aromatic nitrogens is 2. The fraction of sp³-hybridized carbons (Fsp3) is 0.258. The zero-order chi connectivity index (χ0) is 30.5. The van der Waals surface area contributed by atoms with Crippen molar-refractivity contribution in [2.45, 2.75) is 44.7 Å². The summed E-state index contributed by atoms with van der Waals surface area (Å²) in [7, 11) is -4.37. The van der Waals surface area contributed by atoms with Gasteiger partial charge in [-0.3, -0.25) is 4.79 Å². The van der Waals surface area contributed by atoms with E-state index >= 15 is 0 Å². The Morgan fingerprint density at radius 2 is 1.74 bits per heavy atom. The number of benzene rings is 2.